The number of rotatable bonds is 6. The number of hydrogen-bond donors (Lipinski definition) is 1. The molecule has 0 bridgehead atoms. The summed E-state index contributed by atoms with van der Waals surface area (Å²) < 4.78 is 11.0. The Balaban J connectivity index is 1.75. The van der Waals surface area contributed by atoms with Crippen molar-refractivity contribution in [3.63, 3.8) is 0 Å². The Labute approximate surface area is 101 Å². The summed E-state index contributed by atoms with van der Waals surface area (Å²) >= 11 is 1.78. The Morgan fingerprint density at radius 3 is 3.06 bits per heavy atom. The SMILES string of the molecule is CCOC1CC(NCc2cccs2)C1OC. The molecular weight excluding hydrogens is 222 g/mol. The summed E-state index contributed by atoms with van der Waals surface area (Å²) in [5.41, 5.74) is 0. The van der Waals surface area contributed by atoms with Crippen LogP contribution in [0.3, 0.4) is 0 Å². The molecule has 1 fully saturated rings. The maximum absolute atomic E-state index is 5.59. The first-order chi connectivity index (χ1) is 7.85. The highest BCUT2D eigenvalue weighted by molar-refractivity contribution is 7.09. The van der Waals surface area contributed by atoms with Crippen molar-refractivity contribution in [2.75, 3.05) is 13.7 Å². The van der Waals surface area contributed by atoms with Crippen molar-refractivity contribution in [1.29, 1.82) is 0 Å². The predicted octanol–water partition coefficient (Wildman–Crippen LogP) is 2.03. The molecule has 1 aliphatic carbocycles. The van der Waals surface area contributed by atoms with E-state index in [0.29, 0.717) is 6.04 Å². The Hall–Kier alpha value is -0.420. The van der Waals surface area contributed by atoms with E-state index in [1.165, 1.54) is 4.88 Å². The van der Waals surface area contributed by atoms with Crippen molar-refractivity contribution in [3.8, 4) is 0 Å². The van der Waals surface area contributed by atoms with Crippen LogP contribution in [0.5, 0.6) is 0 Å². The van der Waals surface area contributed by atoms with E-state index < -0.39 is 0 Å². The minimum atomic E-state index is 0.208. The van der Waals surface area contributed by atoms with Crippen LogP contribution in [0.15, 0.2) is 17.5 Å². The Morgan fingerprint density at radius 1 is 1.56 bits per heavy atom. The van der Waals surface area contributed by atoms with Crippen LogP contribution in [0, 0.1) is 0 Å². The highest BCUT2D eigenvalue weighted by Crippen LogP contribution is 2.27. The highest BCUT2D eigenvalue weighted by atomic mass is 32.1. The molecule has 1 N–H and O–H groups in total. The van der Waals surface area contributed by atoms with Crippen LogP contribution in [0.2, 0.25) is 0 Å². The number of thiophene rings is 1. The molecule has 1 saturated carbocycles. The molecule has 1 heterocycles. The summed E-state index contributed by atoms with van der Waals surface area (Å²) in [5, 5.41) is 5.62. The maximum atomic E-state index is 5.59. The second-order valence-electron chi connectivity index (χ2n) is 4.00. The third-order valence-electron chi connectivity index (χ3n) is 3.02. The summed E-state index contributed by atoms with van der Waals surface area (Å²) in [6, 6.07) is 4.67. The molecule has 3 unspecified atom stereocenters. The molecule has 0 aliphatic heterocycles. The smallest absolute Gasteiger partial charge is 0.0986 e. The van der Waals surface area contributed by atoms with Gasteiger partial charge in [-0.1, -0.05) is 6.07 Å². The van der Waals surface area contributed by atoms with Gasteiger partial charge < -0.3 is 14.8 Å². The molecule has 3 nitrogen and oxygen atoms in total. The molecule has 0 saturated heterocycles. The predicted molar refractivity (Wildman–Crippen MR) is 65.8 cm³/mol. The van der Waals surface area contributed by atoms with Gasteiger partial charge in [0.25, 0.3) is 0 Å². The molecule has 0 radical (unpaired) electrons. The molecule has 4 heteroatoms. The van der Waals surface area contributed by atoms with E-state index in [0.717, 1.165) is 19.6 Å². The molecule has 1 aromatic heterocycles. The number of ether oxygens (including phenoxy) is 2. The van der Waals surface area contributed by atoms with Crippen LogP contribution in [-0.4, -0.2) is 32.0 Å². The van der Waals surface area contributed by atoms with Crippen LogP contribution < -0.4 is 5.32 Å². The largest absolute Gasteiger partial charge is 0.377 e. The lowest BCUT2D eigenvalue weighted by atomic mass is 9.85. The zero-order valence-electron chi connectivity index (χ0n) is 9.81. The van der Waals surface area contributed by atoms with Crippen molar-refractivity contribution in [3.05, 3.63) is 22.4 Å². The molecule has 0 amide bonds. The van der Waals surface area contributed by atoms with Crippen LogP contribution >= 0.6 is 11.3 Å². The number of nitrogens with one attached hydrogen (secondary N) is 1. The lowest BCUT2D eigenvalue weighted by Crippen LogP contribution is -2.59. The Kier molecular flexibility index (Phi) is 4.35. The summed E-state index contributed by atoms with van der Waals surface area (Å²) in [7, 11) is 1.76. The first-order valence-electron chi connectivity index (χ1n) is 5.75. The van der Waals surface area contributed by atoms with E-state index in [9.17, 15) is 0 Å². The van der Waals surface area contributed by atoms with Gasteiger partial charge in [0.15, 0.2) is 0 Å². The van der Waals surface area contributed by atoms with Gasteiger partial charge in [0.05, 0.1) is 12.2 Å². The van der Waals surface area contributed by atoms with E-state index in [1.54, 1.807) is 18.4 Å². The highest BCUT2D eigenvalue weighted by Gasteiger charge is 2.41. The summed E-state index contributed by atoms with van der Waals surface area (Å²) in [4.78, 5) is 1.37. The molecule has 1 aliphatic rings. The van der Waals surface area contributed by atoms with Gasteiger partial charge in [-0.25, -0.2) is 0 Å². The number of hydrogen-bond acceptors (Lipinski definition) is 4. The van der Waals surface area contributed by atoms with Crippen molar-refractivity contribution in [2.45, 2.75) is 38.1 Å². The minimum absolute atomic E-state index is 0.208. The third kappa shape index (κ3) is 2.63. The zero-order chi connectivity index (χ0) is 11.4. The van der Waals surface area contributed by atoms with Gasteiger partial charge in [-0.15, -0.1) is 11.3 Å². The molecule has 1 aromatic rings. The molecule has 90 valence electrons. The van der Waals surface area contributed by atoms with Crippen molar-refractivity contribution < 1.29 is 9.47 Å². The first-order valence-corrected chi connectivity index (χ1v) is 6.63. The van der Waals surface area contributed by atoms with E-state index in [4.69, 9.17) is 9.47 Å². The molecule has 3 atom stereocenters. The van der Waals surface area contributed by atoms with Gasteiger partial charge in [-0.05, 0) is 24.8 Å². The van der Waals surface area contributed by atoms with Crippen LogP contribution in [0.25, 0.3) is 0 Å². The van der Waals surface area contributed by atoms with Crippen LogP contribution in [0.4, 0.5) is 0 Å². The second kappa shape index (κ2) is 5.77. The van der Waals surface area contributed by atoms with E-state index >= 15 is 0 Å². The molecule has 0 spiro atoms. The monoisotopic (exact) mass is 241 g/mol. The molecule has 16 heavy (non-hydrogen) atoms. The maximum Gasteiger partial charge on any atom is 0.0986 e. The standard InChI is InChI=1S/C12H19NO2S/c1-3-15-11-7-10(12(11)14-2)13-8-9-5-4-6-16-9/h4-6,10-13H,3,7-8H2,1-2H3. The van der Waals surface area contributed by atoms with Gasteiger partial charge in [0, 0.05) is 31.2 Å². The first kappa shape index (κ1) is 12.0. The average molecular weight is 241 g/mol. The van der Waals surface area contributed by atoms with E-state index in [1.807, 2.05) is 6.92 Å². The minimum Gasteiger partial charge on any atom is -0.377 e. The molecular formula is C12H19NO2S. The molecule has 2 rings (SSSR count). The van der Waals surface area contributed by atoms with Crippen LogP contribution in [0.1, 0.15) is 18.2 Å². The molecule has 0 aromatic carbocycles. The van der Waals surface area contributed by atoms with Crippen molar-refractivity contribution in [1.82, 2.24) is 5.32 Å². The fourth-order valence-corrected chi connectivity index (χ4v) is 2.77. The average Bonchev–Trinajstić information content (AvgIpc) is 2.75. The lowest BCUT2D eigenvalue weighted by Gasteiger charge is -2.43. The summed E-state index contributed by atoms with van der Waals surface area (Å²) in [5.74, 6) is 0. The topological polar surface area (TPSA) is 30.5 Å². The lowest BCUT2D eigenvalue weighted by molar-refractivity contribution is -0.131. The van der Waals surface area contributed by atoms with Crippen molar-refractivity contribution >= 4 is 11.3 Å². The van der Waals surface area contributed by atoms with Gasteiger partial charge >= 0.3 is 0 Å². The summed E-state index contributed by atoms with van der Waals surface area (Å²) in [6.45, 7) is 3.72. The zero-order valence-corrected chi connectivity index (χ0v) is 10.6. The fraction of sp³-hybridized carbons (Fsp3) is 0.667. The van der Waals surface area contributed by atoms with Gasteiger partial charge in [-0.2, -0.15) is 0 Å². The third-order valence-corrected chi connectivity index (χ3v) is 3.90. The quantitative estimate of drug-likeness (QED) is 0.826. The van der Waals surface area contributed by atoms with Crippen LogP contribution in [-0.2, 0) is 16.0 Å². The fourth-order valence-electron chi connectivity index (χ4n) is 2.12. The summed E-state index contributed by atoms with van der Waals surface area (Å²) in [6.07, 6.45) is 1.54. The van der Waals surface area contributed by atoms with Gasteiger partial charge in [0.1, 0.15) is 0 Å². The van der Waals surface area contributed by atoms with E-state index in [2.05, 4.69) is 22.8 Å². The second-order valence-corrected chi connectivity index (χ2v) is 5.03. The van der Waals surface area contributed by atoms with E-state index in [-0.39, 0.29) is 12.2 Å². The Bertz CT molecular complexity index is 302. The van der Waals surface area contributed by atoms with Gasteiger partial charge in [-0.3, -0.25) is 0 Å². The number of methoxy groups -OCH3 is 1. The Morgan fingerprint density at radius 2 is 2.44 bits per heavy atom. The van der Waals surface area contributed by atoms with Gasteiger partial charge in [0.2, 0.25) is 0 Å². The normalized spacial score (nSPS) is 29.0. The van der Waals surface area contributed by atoms with Crippen molar-refractivity contribution in [2.24, 2.45) is 0 Å².